The minimum Gasteiger partial charge on any atom is -0.346 e. The van der Waals surface area contributed by atoms with Gasteiger partial charge >= 0.3 is 0 Å². The maximum atomic E-state index is 11.0. The number of fused-ring (bicyclic) bond motifs is 1. The molecule has 1 aromatic heterocycles. The molecule has 0 saturated heterocycles. The Balaban J connectivity index is 2.68. The Labute approximate surface area is 67.6 Å². The van der Waals surface area contributed by atoms with E-state index in [0.717, 1.165) is 0 Å². The van der Waals surface area contributed by atoms with Gasteiger partial charge in [0.1, 0.15) is 17.0 Å². The van der Waals surface area contributed by atoms with Crippen molar-refractivity contribution in [3.8, 4) is 0 Å². The van der Waals surface area contributed by atoms with Crippen LogP contribution >= 0.6 is 11.6 Å². The Morgan fingerprint density at radius 1 is 1.55 bits per heavy atom. The number of hydrogen-bond donors (Lipinski definition) is 1. The Hall–Kier alpha value is -1.16. The molecule has 1 N–H and O–H groups in total. The topological polar surface area (TPSA) is 54.9 Å². The molecule has 0 fully saturated rings. The molecule has 0 radical (unpaired) electrons. The van der Waals surface area contributed by atoms with Crippen LogP contribution in [0.25, 0.3) is 0 Å². The quantitative estimate of drug-likeness (QED) is 0.571. The normalized spacial score (nSPS) is 14.5. The molecule has 2 rings (SSSR count). The third-order valence-electron chi connectivity index (χ3n) is 1.52. The van der Waals surface area contributed by atoms with Crippen molar-refractivity contribution < 1.29 is 4.79 Å². The Morgan fingerprint density at radius 3 is 3.09 bits per heavy atom. The molecule has 2 heterocycles. The van der Waals surface area contributed by atoms with Gasteiger partial charge in [-0.1, -0.05) is 11.6 Å². The summed E-state index contributed by atoms with van der Waals surface area (Å²) in [6.07, 6.45) is 1.35. The maximum absolute atomic E-state index is 11.0. The summed E-state index contributed by atoms with van der Waals surface area (Å²) >= 11 is 5.65. The Morgan fingerprint density at radius 2 is 2.36 bits per heavy atom. The molecule has 0 aromatic carbocycles. The number of rotatable bonds is 0. The van der Waals surface area contributed by atoms with E-state index in [1.165, 1.54) is 6.33 Å². The van der Waals surface area contributed by atoms with Gasteiger partial charge in [0.2, 0.25) is 0 Å². The summed E-state index contributed by atoms with van der Waals surface area (Å²) in [5.74, 6) is -0.189. The van der Waals surface area contributed by atoms with Crippen molar-refractivity contribution in [1.29, 1.82) is 0 Å². The first kappa shape index (κ1) is 6.54. The van der Waals surface area contributed by atoms with Crippen molar-refractivity contribution in [2.45, 2.75) is 6.54 Å². The number of amides is 1. The maximum Gasteiger partial charge on any atom is 0.256 e. The molecule has 1 aromatic rings. The van der Waals surface area contributed by atoms with Gasteiger partial charge in [0.15, 0.2) is 0 Å². The number of carbonyl (C=O) groups excluding carboxylic acids is 1. The molecule has 0 saturated carbocycles. The highest BCUT2D eigenvalue weighted by Crippen LogP contribution is 2.18. The van der Waals surface area contributed by atoms with E-state index in [-0.39, 0.29) is 11.1 Å². The third-order valence-corrected chi connectivity index (χ3v) is 1.81. The van der Waals surface area contributed by atoms with Crippen molar-refractivity contribution in [1.82, 2.24) is 15.3 Å². The average Bonchev–Trinajstić information content (AvgIpc) is 2.34. The van der Waals surface area contributed by atoms with E-state index in [1.807, 2.05) is 0 Å². The molecule has 0 bridgehead atoms. The van der Waals surface area contributed by atoms with Crippen LogP contribution in [0.15, 0.2) is 6.33 Å². The van der Waals surface area contributed by atoms with Crippen molar-refractivity contribution in [3.05, 3.63) is 22.7 Å². The number of hydrogen-bond acceptors (Lipinski definition) is 3. The zero-order valence-corrected chi connectivity index (χ0v) is 6.22. The Kier molecular flexibility index (Phi) is 1.29. The van der Waals surface area contributed by atoms with E-state index in [9.17, 15) is 4.79 Å². The molecular formula is C6H4ClN3O. The predicted octanol–water partition coefficient (Wildman–Crippen LogP) is 0.373. The van der Waals surface area contributed by atoms with E-state index in [0.29, 0.717) is 17.8 Å². The lowest BCUT2D eigenvalue weighted by atomic mass is 10.3. The second kappa shape index (κ2) is 2.17. The van der Waals surface area contributed by atoms with Gasteiger partial charge in [-0.25, -0.2) is 9.97 Å². The number of aromatic nitrogens is 2. The third kappa shape index (κ3) is 0.867. The fourth-order valence-corrected chi connectivity index (χ4v) is 1.25. The molecule has 1 amide bonds. The number of nitrogens with zero attached hydrogens (tertiary/aromatic N) is 2. The van der Waals surface area contributed by atoms with Gasteiger partial charge in [-0.3, -0.25) is 4.79 Å². The van der Waals surface area contributed by atoms with Crippen LogP contribution in [0.3, 0.4) is 0 Å². The second-order valence-electron chi connectivity index (χ2n) is 2.17. The van der Waals surface area contributed by atoms with Crippen LogP contribution in [-0.2, 0) is 6.54 Å². The Bertz CT molecular complexity index is 326. The van der Waals surface area contributed by atoms with E-state index in [4.69, 9.17) is 11.6 Å². The van der Waals surface area contributed by atoms with Crippen LogP contribution in [0.1, 0.15) is 16.1 Å². The lowest BCUT2D eigenvalue weighted by Gasteiger charge is -1.93. The molecule has 4 nitrogen and oxygen atoms in total. The standard InChI is InChI=1S/C6H4ClN3O/c7-5-4-3(9-2-10-5)1-8-6(4)11/h2H,1H2,(H,8,11). The molecule has 1 aliphatic rings. The first-order valence-corrected chi connectivity index (χ1v) is 3.44. The monoisotopic (exact) mass is 169 g/mol. The fourth-order valence-electron chi connectivity index (χ4n) is 1.01. The van der Waals surface area contributed by atoms with Gasteiger partial charge in [0.05, 0.1) is 12.2 Å². The summed E-state index contributed by atoms with van der Waals surface area (Å²) in [6.45, 7) is 0.455. The summed E-state index contributed by atoms with van der Waals surface area (Å²) in [6, 6.07) is 0. The van der Waals surface area contributed by atoms with Crippen molar-refractivity contribution in [2.24, 2.45) is 0 Å². The van der Waals surface area contributed by atoms with E-state index >= 15 is 0 Å². The van der Waals surface area contributed by atoms with Crippen LogP contribution < -0.4 is 5.32 Å². The molecule has 0 aliphatic carbocycles. The lowest BCUT2D eigenvalue weighted by Crippen LogP contribution is -2.12. The molecule has 0 atom stereocenters. The van der Waals surface area contributed by atoms with E-state index in [1.54, 1.807) is 0 Å². The molecule has 0 spiro atoms. The first-order valence-electron chi connectivity index (χ1n) is 3.06. The van der Waals surface area contributed by atoms with Gasteiger partial charge < -0.3 is 5.32 Å². The largest absolute Gasteiger partial charge is 0.346 e. The fraction of sp³-hybridized carbons (Fsp3) is 0.167. The van der Waals surface area contributed by atoms with Gasteiger partial charge in [-0.05, 0) is 0 Å². The lowest BCUT2D eigenvalue weighted by molar-refractivity contribution is 0.0965. The van der Waals surface area contributed by atoms with E-state index < -0.39 is 0 Å². The molecule has 5 heteroatoms. The van der Waals surface area contributed by atoms with Crippen LogP contribution in [-0.4, -0.2) is 15.9 Å². The molecule has 56 valence electrons. The van der Waals surface area contributed by atoms with Crippen molar-refractivity contribution >= 4 is 17.5 Å². The number of nitrogens with one attached hydrogen (secondary N) is 1. The SMILES string of the molecule is O=C1NCc2ncnc(Cl)c21. The minimum atomic E-state index is -0.189. The zero-order valence-electron chi connectivity index (χ0n) is 5.47. The number of halogens is 1. The van der Waals surface area contributed by atoms with Crippen LogP contribution in [0.4, 0.5) is 0 Å². The minimum absolute atomic E-state index is 0.189. The summed E-state index contributed by atoms with van der Waals surface area (Å²) in [7, 11) is 0. The first-order chi connectivity index (χ1) is 5.29. The van der Waals surface area contributed by atoms with Gasteiger partial charge in [0.25, 0.3) is 5.91 Å². The molecule has 0 unspecified atom stereocenters. The van der Waals surface area contributed by atoms with Crippen molar-refractivity contribution in [2.75, 3.05) is 0 Å². The highest BCUT2D eigenvalue weighted by molar-refractivity contribution is 6.33. The summed E-state index contributed by atoms with van der Waals surface area (Å²) < 4.78 is 0. The smallest absolute Gasteiger partial charge is 0.256 e. The summed E-state index contributed by atoms with van der Waals surface area (Å²) in [4.78, 5) is 18.6. The summed E-state index contributed by atoms with van der Waals surface area (Å²) in [5, 5.41) is 2.83. The van der Waals surface area contributed by atoms with Gasteiger partial charge in [-0.15, -0.1) is 0 Å². The average molecular weight is 170 g/mol. The van der Waals surface area contributed by atoms with Crippen LogP contribution in [0.2, 0.25) is 5.15 Å². The molecular weight excluding hydrogens is 166 g/mol. The van der Waals surface area contributed by atoms with Crippen LogP contribution in [0, 0.1) is 0 Å². The highest BCUT2D eigenvalue weighted by Gasteiger charge is 2.23. The zero-order chi connectivity index (χ0) is 7.84. The predicted molar refractivity (Wildman–Crippen MR) is 38.2 cm³/mol. The molecule has 11 heavy (non-hydrogen) atoms. The van der Waals surface area contributed by atoms with Crippen molar-refractivity contribution in [3.63, 3.8) is 0 Å². The number of carbonyl (C=O) groups is 1. The van der Waals surface area contributed by atoms with Gasteiger partial charge in [0, 0.05) is 0 Å². The highest BCUT2D eigenvalue weighted by atomic mass is 35.5. The second-order valence-corrected chi connectivity index (χ2v) is 2.53. The van der Waals surface area contributed by atoms with E-state index in [2.05, 4.69) is 15.3 Å². The van der Waals surface area contributed by atoms with Gasteiger partial charge in [-0.2, -0.15) is 0 Å². The summed E-state index contributed by atoms with van der Waals surface area (Å²) in [5.41, 5.74) is 1.09. The van der Waals surface area contributed by atoms with Crippen LogP contribution in [0.5, 0.6) is 0 Å². The molecule has 1 aliphatic heterocycles.